The third kappa shape index (κ3) is 8.41. The second-order valence-electron chi connectivity index (χ2n) is 8.58. The molecule has 2 N–H and O–H groups in total. The molecule has 7 heteroatoms. The van der Waals surface area contributed by atoms with E-state index in [4.69, 9.17) is 9.73 Å². The summed E-state index contributed by atoms with van der Waals surface area (Å²) in [4.78, 5) is 10.0. The third-order valence-electron chi connectivity index (χ3n) is 5.72. The van der Waals surface area contributed by atoms with Crippen LogP contribution in [0.15, 0.2) is 4.99 Å². The van der Waals surface area contributed by atoms with Gasteiger partial charge in [0.25, 0.3) is 0 Å². The van der Waals surface area contributed by atoms with Crippen molar-refractivity contribution in [1.82, 2.24) is 20.4 Å². The molecule has 2 atom stereocenters. The van der Waals surface area contributed by atoms with Gasteiger partial charge in [-0.05, 0) is 53.0 Å². The fraction of sp³-hybridized carbons (Fsp3) is 0.950. The van der Waals surface area contributed by atoms with E-state index in [1.165, 1.54) is 25.9 Å². The SMILES string of the molecule is CCNC(=NCC(C)(C)N1CCCC(C)C1)NCC(C)N1CCOCC1.I. The van der Waals surface area contributed by atoms with Crippen molar-refractivity contribution in [1.29, 1.82) is 0 Å². The van der Waals surface area contributed by atoms with Gasteiger partial charge in [0.2, 0.25) is 0 Å². The number of nitrogens with one attached hydrogen (secondary N) is 2. The summed E-state index contributed by atoms with van der Waals surface area (Å²) in [5.41, 5.74) is 0.104. The molecular formula is C20H42IN5O. The Morgan fingerprint density at radius 1 is 1.22 bits per heavy atom. The monoisotopic (exact) mass is 495 g/mol. The molecule has 2 heterocycles. The van der Waals surface area contributed by atoms with Crippen molar-refractivity contribution in [3.8, 4) is 0 Å². The molecule has 0 aromatic heterocycles. The van der Waals surface area contributed by atoms with E-state index in [2.05, 4.69) is 55.1 Å². The van der Waals surface area contributed by atoms with Crippen molar-refractivity contribution in [2.24, 2.45) is 10.9 Å². The molecule has 2 unspecified atom stereocenters. The standard InChI is InChI=1S/C20H41N5O.HI/c1-6-21-19(22-14-18(3)24-10-12-26-13-11-24)23-16-20(4,5)25-9-7-8-17(2)15-25;/h17-18H,6-16H2,1-5H3,(H2,21,22,23);1H. The Hall–Kier alpha value is -0.120. The molecule has 0 amide bonds. The number of hydrogen-bond acceptors (Lipinski definition) is 4. The molecule has 0 aromatic carbocycles. The van der Waals surface area contributed by atoms with Crippen molar-refractivity contribution in [2.45, 2.75) is 59.0 Å². The Labute approximate surface area is 183 Å². The Morgan fingerprint density at radius 3 is 2.56 bits per heavy atom. The number of rotatable bonds is 7. The average Bonchev–Trinajstić information content (AvgIpc) is 2.64. The van der Waals surface area contributed by atoms with E-state index in [0.717, 1.165) is 57.8 Å². The summed E-state index contributed by atoms with van der Waals surface area (Å²) in [7, 11) is 0. The van der Waals surface area contributed by atoms with Gasteiger partial charge in [0.05, 0.1) is 19.8 Å². The zero-order valence-electron chi connectivity index (χ0n) is 18.1. The van der Waals surface area contributed by atoms with Crippen LogP contribution in [-0.2, 0) is 4.74 Å². The number of halogens is 1. The van der Waals surface area contributed by atoms with E-state index in [1.807, 2.05) is 0 Å². The van der Waals surface area contributed by atoms with Gasteiger partial charge >= 0.3 is 0 Å². The van der Waals surface area contributed by atoms with E-state index < -0.39 is 0 Å². The predicted octanol–water partition coefficient (Wildman–Crippen LogP) is 2.39. The highest BCUT2D eigenvalue weighted by Crippen LogP contribution is 2.24. The van der Waals surface area contributed by atoms with E-state index in [9.17, 15) is 0 Å². The maximum absolute atomic E-state index is 5.45. The first-order chi connectivity index (χ1) is 12.4. The molecule has 160 valence electrons. The number of piperidine rings is 1. The molecule has 2 fully saturated rings. The quantitative estimate of drug-likeness (QED) is 0.323. The van der Waals surface area contributed by atoms with Crippen LogP contribution in [0.4, 0.5) is 0 Å². The van der Waals surface area contributed by atoms with E-state index in [1.54, 1.807) is 0 Å². The molecule has 2 aliphatic heterocycles. The molecule has 0 radical (unpaired) electrons. The topological polar surface area (TPSA) is 52.1 Å². The van der Waals surface area contributed by atoms with Crippen molar-refractivity contribution in [2.75, 3.05) is 59.0 Å². The zero-order valence-corrected chi connectivity index (χ0v) is 20.4. The van der Waals surface area contributed by atoms with Crippen LogP contribution in [0.2, 0.25) is 0 Å². The lowest BCUT2D eigenvalue weighted by Gasteiger charge is -2.42. The summed E-state index contributed by atoms with van der Waals surface area (Å²) >= 11 is 0. The Kier molecular flexibility index (Phi) is 11.5. The normalized spacial score (nSPS) is 24.2. The van der Waals surface area contributed by atoms with E-state index in [-0.39, 0.29) is 29.5 Å². The first-order valence-corrected chi connectivity index (χ1v) is 10.5. The minimum absolute atomic E-state index is 0. The van der Waals surface area contributed by atoms with Gasteiger partial charge in [-0.1, -0.05) is 6.92 Å². The lowest BCUT2D eigenvalue weighted by molar-refractivity contribution is 0.0211. The predicted molar refractivity (Wildman–Crippen MR) is 125 cm³/mol. The first kappa shape index (κ1) is 24.9. The highest BCUT2D eigenvalue weighted by molar-refractivity contribution is 14.0. The van der Waals surface area contributed by atoms with Crippen LogP contribution >= 0.6 is 24.0 Å². The van der Waals surface area contributed by atoms with Crippen LogP contribution < -0.4 is 10.6 Å². The van der Waals surface area contributed by atoms with E-state index >= 15 is 0 Å². The summed E-state index contributed by atoms with van der Waals surface area (Å²) in [6.07, 6.45) is 2.67. The summed E-state index contributed by atoms with van der Waals surface area (Å²) < 4.78 is 5.45. The van der Waals surface area contributed by atoms with Crippen LogP contribution in [0.5, 0.6) is 0 Å². The smallest absolute Gasteiger partial charge is 0.191 e. The largest absolute Gasteiger partial charge is 0.379 e. The van der Waals surface area contributed by atoms with Crippen LogP contribution in [0, 0.1) is 5.92 Å². The van der Waals surface area contributed by atoms with Gasteiger partial charge in [-0.2, -0.15) is 0 Å². The van der Waals surface area contributed by atoms with E-state index in [0.29, 0.717) is 6.04 Å². The van der Waals surface area contributed by atoms with Gasteiger partial charge < -0.3 is 15.4 Å². The fourth-order valence-corrected chi connectivity index (χ4v) is 3.85. The molecular weight excluding hydrogens is 453 g/mol. The van der Waals surface area contributed by atoms with Gasteiger partial charge in [-0.3, -0.25) is 14.8 Å². The number of morpholine rings is 1. The number of guanidine groups is 1. The molecule has 0 bridgehead atoms. The fourth-order valence-electron chi connectivity index (χ4n) is 3.85. The summed E-state index contributed by atoms with van der Waals surface area (Å²) in [5, 5.41) is 6.94. The Bertz CT molecular complexity index is 440. The summed E-state index contributed by atoms with van der Waals surface area (Å²) in [6, 6.07) is 0.485. The lowest BCUT2D eigenvalue weighted by Crippen LogP contribution is -2.52. The highest BCUT2D eigenvalue weighted by atomic mass is 127. The van der Waals surface area contributed by atoms with Crippen molar-refractivity contribution < 1.29 is 4.74 Å². The second-order valence-corrected chi connectivity index (χ2v) is 8.58. The van der Waals surface area contributed by atoms with Crippen molar-refractivity contribution in [3.05, 3.63) is 0 Å². The molecule has 0 spiro atoms. The van der Waals surface area contributed by atoms with Crippen LogP contribution in [0.1, 0.15) is 47.5 Å². The Morgan fingerprint density at radius 2 is 1.93 bits per heavy atom. The Balaban J connectivity index is 0.00000364. The van der Waals surface area contributed by atoms with Crippen LogP contribution in [0.25, 0.3) is 0 Å². The second kappa shape index (κ2) is 12.4. The van der Waals surface area contributed by atoms with Gasteiger partial charge in [0.1, 0.15) is 0 Å². The summed E-state index contributed by atoms with van der Waals surface area (Å²) in [5.74, 6) is 1.73. The number of aliphatic imine (C=N–C) groups is 1. The number of ether oxygens (including phenoxy) is 1. The number of nitrogens with zero attached hydrogens (tertiary/aromatic N) is 3. The third-order valence-corrected chi connectivity index (χ3v) is 5.72. The van der Waals surface area contributed by atoms with Crippen LogP contribution in [0.3, 0.4) is 0 Å². The molecule has 0 aliphatic carbocycles. The first-order valence-electron chi connectivity index (χ1n) is 10.5. The molecule has 6 nitrogen and oxygen atoms in total. The summed E-state index contributed by atoms with van der Waals surface area (Å²) in [6.45, 7) is 20.2. The average molecular weight is 495 g/mol. The molecule has 2 aliphatic rings. The maximum atomic E-state index is 5.45. The van der Waals surface area contributed by atoms with Gasteiger partial charge in [-0.15, -0.1) is 24.0 Å². The van der Waals surface area contributed by atoms with Gasteiger partial charge in [0.15, 0.2) is 5.96 Å². The number of likely N-dealkylation sites (tertiary alicyclic amines) is 1. The van der Waals surface area contributed by atoms with Crippen LogP contribution in [-0.4, -0.2) is 86.4 Å². The van der Waals surface area contributed by atoms with Gasteiger partial charge in [0, 0.05) is 44.3 Å². The van der Waals surface area contributed by atoms with Gasteiger partial charge in [-0.25, -0.2) is 0 Å². The zero-order chi connectivity index (χ0) is 19.0. The molecule has 2 rings (SSSR count). The molecule has 2 saturated heterocycles. The van der Waals surface area contributed by atoms with Crippen molar-refractivity contribution >= 4 is 29.9 Å². The number of hydrogen-bond donors (Lipinski definition) is 2. The lowest BCUT2D eigenvalue weighted by atomic mass is 9.94. The highest BCUT2D eigenvalue weighted by Gasteiger charge is 2.30. The molecule has 27 heavy (non-hydrogen) atoms. The maximum Gasteiger partial charge on any atom is 0.191 e. The molecule has 0 aromatic rings. The minimum Gasteiger partial charge on any atom is -0.379 e. The molecule has 0 saturated carbocycles. The minimum atomic E-state index is 0. The van der Waals surface area contributed by atoms with Crippen molar-refractivity contribution in [3.63, 3.8) is 0 Å².